The molecule has 5 rings (SSSR count). The summed E-state index contributed by atoms with van der Waals surface area (Å²) in [7, 11) is 0. The van der Waals surface area contributed by atoms with Gasteiger partial charge in [-0.1, -0.05) is 108 Å². The number of rotatable bonds is 3. The van der Waals surface area contributed by atoms with Gasteiger partial charge in [-0.3, -0.25) is 9.98 Å². The molecule has 40 heavy (non-hydrogen) atoms. The third-order valence-electron chi connectivity index (χ3n) is 6.77. The Morgan fingerprint density at radius 2 is 1.20 bits per heavy atom. The fourth-order valence-corrected chi connectivity index (χ4v) is 4.57. The number of aromatic nitrogens is 1. The third-order valence-corrected chi connectivity index (χ3v) is 6.77. The van der Waals surface area contributed by atoms with Gasteiger partial charge in [0.2, 0.25) is 0 Å². The molecule has 4 nitrogen and oxygen atoms in total. The van der Waals surface area contributed by atoms with Crippen LogP contribution in [0.25, 0.3) is 21.5 Å². The zero-order chi connectivity index (χ0) is 28.2. The first-order chi connectivity index (χ1) is 18.5. The smallest absolute Gasteiger partial charge is 0.872 e. The summed E-state index contributed by atoms with van der Waals surface area (Å²) in [5.74, 6) is -0.816. The minimum Gasteiger partial charge on any atom is -0.872 e. The second-order valence-corrected chi connectivity index (χ2v) is 11.8. The van der Waals surface area contributed by atoms with E-state index in [2.05, 4.69) is 64.7 Å². The molecule has 0 amide bonds. The van der Waals surface area contributed by atoms with Crippen LogP contribution in [0.2, 0.25) is 0 Å². The van der Waals surface area contributed by atoms with Crippen LogP contribution in [0.1, 0.15) is 58.4 Å². The molecule has 4 aromatic carbocycles. The largest absolute Gasteiger partial charge is 2.00 e. The van der Waals surface area contributed by atoms with Crippen molar-refractivity contribution in [2.24, 2.45) is 4.99 Å². The number of nitrogens with zero attached hydrogens (tertiary/aromatic N) is 2. The molecule has 5 aromatic rings. The van der Waals surface area contributed by atoms with E-state index in [0.29, 0.717) is 10.8 Å². The molecule has 0 aliphatic carbocycles. The van der Waals surface area contributed by atoms with E-state index < -0.39 is 11.5 Å². The van der Waals surface area contributed by atoms with Crippen LogP contribution >= 0.6 is 0 Å². The average molecular weight is 575 g/mol. The summed E-state index contributed by atoms with van der Waals surface area (Å²) in [6.07, 6.45) is 4.55. The fraction of sp³-hybridized carbons (Fsp3) is 0.257. The molecule has 0 saturated carbocycles. The minimum atomic E-state index is -0.408. The number of hydrogen-bond acceptors (Lipinski definition) is 4. The summed E-state index contributed by atoms with van der Waals surface area (Å²) in [6, 6.07) is 27.1. The molecule has 208 valence electrons. The van der Waals surface area contributed by atoms with Crippen molar-refractivity contribution in [1.82, 2.24) is 4.98 Å². The van der Waals surface area contributed by atoms with E-state index in [1.165, 1.54) is 11.1 Å². The predicted octanol–water partition coefficient (Wildman–Crippen LogP) is 7.76. The fourth-order valence-electron chi connectivity index (χ4n) is 4.57. The Bertz CT molecular complexity index is 1550. The molecule has 0 spiro atoms. The van der Waals surface area contributed by atoms with Crippen molar-refractivity contribution in [3.63, 3.8) is 0 Å². The zero-order valence-electron chi connectivity index (χ0n) is 24.0. The molecule has 0 aliphatic heterocycles. The second kappa shape index (κ2) is 12.7. The van der Waals surface area contributed by atoms with E-state index in [-0.39, 0.29) is 27.3 Å². The second-order valence-electron chi connectivity index (χ2n) is 11.8. The molecule has 0 fully saturated rings. The molecule has 1 aromatic heterocycles. The van der Waals surface area contributed by atoms with Crippen molar-refractivity contribution in [2.75, 3.05) is 0 Å². The van der Waals surface area contributed by atoms with E-state index in [4.69, 9.17) is 4.99 Å². The summed E-state index contributed by atoms with van der Waals surface area (Å²) in [4.78, 5) is 9.12. The van der Waals surface area contributed by atoms with Crippen LogP contribution in [0.5, 0.6) is 11.5 Å². The van der Waals surface area contributed by atoms with E-state index in [9.17, 15) is 10.2 Å². The number of benzene rings is 4. The van der Waals surface area contributed by atoms with Gasteiger partial charge in [0, 0.05) is 24.5 Å². The number of pyridine rings is 1. The molecular weight excluding hydrogens is 539 g/mol. The SMILES string of the molecule is CC(C)(C)c1ccc(C(C)(C)C)c(N=CCc2ccccn2)c1.[Ni+2].[O-]c1c([O-])c2ccccc2c2ccccc12. The Morgan fingerprint density at radius 1 is 0.675 bits per heavy atom. The molecule has 0 bridgehead atoms. The first-order valence-corrected chi connectivity index (χ1v) is 13.3. The molecule has 0 N–H and O–H groups in total. The van der Waals surface area contributed by atoms with Crippen LogP contribution in [0.4, 0.5) is 5.69 Å². The van der Waals surface area contributed by atoms with Crippen LogP contribution in [0.15, 0.2) is 96.1 Å². The maximum atomic E-state index is 11.8. The minimum absolute atomic E-state index is 0. The first kappa shape index (κ1) is 30.8. The van der Waals surface area contributed by atoms with Crippen LogP contribution < -0.4 is 10.2 Å². The van der Waals surface area contributed by atoms with Gasteiger partial charge in [0.1, 0.15) is 0 Å². The predicted molar refractivity (Wildman–Crippen MR) is 160 cm³/mol. The van der Waals surface area contributed by atoms with Gasteiger partial charge in [-0.05, 0) is 61.7 Å². The van der Waals surface area contributed by atoms with Crippen molar-refractivity contribution in [2.45, 2.75) is 58.8 Å². The molecule has 0 saturated heterocycles. The summed E-state index contributed by atoms with van der Waals surface area (Å²) < 4.78 is 0. The number of hydrogen-bond donors (Lipinski definition) is 0. The van der Waals surface area contributed by atoms with Crippen molar-refractivity contribution in [3.05, 3.63) is 108 Å². The Kier molecular flexibility index (Phi) is 9.76. The van der Waals surface area contributed by atoms with Crippen LogP contribution in [0.3, 0.4) is 0 Å². The van der Waals surface area contributed by atoms with E-state index in [1.54, 1.807) is 24.3 Å². The number of aliphatic imine (C=N–C) groups is 1. The Morgan fingerprint density at radius 3 is 1.68 bits per heavy atom. The van der Waals surface area contributed by atoms with Gasteiger partial charge in [0.05, 0.1) is 5.69 Å². The van der Waals surface area contributed by atoms with Crippen molar-refractivity contribution >= 4 is 33.4 Å². The molecule has 0 atom stereocenters. The van der Waals surface area contributed by atoms with Gasteiger partial charge in [0.25, 0.3) is 0 Å². The van der Waals surface area contributed by atoms with Gasteiger partial charge < -0.3 is 10.2 Å². The molecule has 0 radical (unpaired) electrons. The number of fused-ring (bicyclic) bond motifs is 3. The van der Waals surface area contributed by atoms with Gasteiger partial charge in [-0.25, -0.2) is 0 Å². The van der Waals surface area contributed by atoms with Crippen LogP contribution in [-0.4, -0.2) is 11.2 Å². The maximum absolute atomic E-state index is 11.8. The Balaban J connectivity index is 0.000000227. The van der Waals surface area contributed by atoms with Gasteiger partial charge in [0.15, 0.2) is 0 Å². The maximum Gasteiger partial charge on any atom is 2.00 e. The van der Waals surface area contributed by atoms with Crippen molar-refractivity contribution in [3.8, 4) is 11.5 Å². The summed E-state index contributed by atoms with van der Waals surface area (Å²) in [5.41, 5.74) is 4.91. The van der Waals surface area contributed by atoms with Crippen molar-refractivity contribution in [1.29, 1.82) is 0 Å². The van der Waals surface area contributed by atoms with E-state index in [1.807, 2.05) is 54.9 Å². The van der Waals surface area contributed by atoms with Gasteiger partial charge in [-0.15, -0.1) is 11.5 Å². The van der Waals surface area contributed by atoms with E-state index >= 15 is 0 Å². The Hall–Kier alpha value is -3.69. The van der Waals surface area contributed by atoms with Crippen LogP contribution in [-0.2, 0) is 33.7 Å². The average Bonchev–Trinajstić information content (AvgIpc) is 2.91. The summed E-state index contributed by atoms with van der Waals surface area (Å²) in [6.45, 7) is 13.4. The zero-order valence-corrected chi connectivity index (χ0v) is 25.0. The first-order valence-electron chi connectivity index (χ1n) is 13.3. The molecule has 1 heterocycles. The Labute approximate surface area is 247 Å². The third kappa shape index (κ3) is 7.08. The standard InChI is InChI=1S/C21H28N2.C14H10O2.Ni/c1-20(2,3)16-10-11-18(21(4,5)6)19(15-16)23-14-12-17-9-7-8-13-22-17;15-13-11-7-3-1-5-9(11)10-6-2-4-8-12(10)14(13)16;/h7-11,13-15H,12H2,1-6H3;1-8,15-16H;/q;;+2/p-2. The summed E-state index contributed by atoms with van der Waals surface area (Å²) >= 11 is 0. The van der Waals surface area contributed by atoms with E-state index in [0.717, 1.165) is 28.6 Å². The topological polar surface area (TPSA) is 71.4 Å². The summed E-state index contributed by atoms with van der Waals surface area (Å²) in [5, 5.41) is 26.4. The normalized spacial score (nSPS) is 11.8. The van der Waals surface area contributed by atoms with Gasteiger partial charge >= 0.3 is 16.5 Å². The van der Waals surface area contributed by atoms with Gasteiger partial charge in [-0.2, -0.15) is 0 Å². The quantitative estimate of drug-likeness (QED) is 0.125. The molecule has 0 aliphatic rings. The molecule has 5 heteroatoms. The molecular formula is C35H36N2NiO2. The monoisotopic (exact) mass is 574 g/mol. The van der Waals surface area contributed by atoms with Crippen LogP contribution in [0, 0.1) is 0 Å². The van der Waals surface area contributed by atoms with Crippen molar-refractivity contribution < 1.29 is 26.7 Å². The molecule has 0 unspecified atom stereocenters.